The fourth-order valence-electron chi connectivity index (χ4n) is 2.15. The Hall–Kier alpha value is -1.40. The first-order valence-corrected chi connectivity index (χ1v) is 8.88. The molecule has 0 aliphatic rings. The second kappa shape index (κ2) is 5.42. The Balaban J connectivity index is 2.55. The molecular weight excluding hydrogens is 310 g/mol. The second-order valence-electron chi connectivity index (χ2n) is 5.88. The topological polar surface area (TPSA) is 64.8 Å². The van der Waals surface area contributed by atoms with E-state index in [1.54, 1.807) is 24.3 Å². The molecule has 0 aliphatic heterocycles. The highest BCUT2D eigenvalue weighted by Gasteiger charge is 2.23. The van der Waals surface area contributed by atoms with Crippen LogP contribution in [0.3, 0.4) is 0 Å². The minimum Gasteiger partial charge on any atom is -0.305 e. The molecular formula is C14H18ClN3O2S. The Morgan fingerprint density at radius 1 is 1.14 bits per heavy atom. The van der Waals surface area contributed by atoms with E-state index < -0.39 is 9.84 Å². The zero-order valence-electron chi connectivity index (χ0n) is 12.5. The van der Waals surface area contributed by atoms with Crippen LogP contribution in [0.2, 0.25) is 0 Å². The minimum atomic E-state index is -3.20. The molecule has 7 heteroatoms. The van der Waals surface area contributed by atoms with Crippen LogP contribution >= 0.6 is 11.6 Å². The summed E-state index contributed by atoms with van der Waals surface area (Å²) in [6, 6.07) is 6.63. The van der Waals surface area contributed by atoms with Gasteiger partial charge in [0.25, 0.3) is 0 Å². The van der Waals surface area contributed by atoms with Crippen molar-refractivity contribution in [3.8, 4) is 11.4 Å². The van der Waals surface area contributed by atoms with E-state index in [9.17, 15) is 8.42 Å². The zero-order valence-corrected chi connectivity index (χ0v) is 14.0. The molecule has 0 saturated carbocycles. The summed E-state index contributed by atoms with van der Waals surface area (Å²) < 4.78 is 25.0. The number of nitrogens with zero attached hydrogens (tertiary/aromatic N) is 3. The fourth-order valence-corrected chi connectivity index (χ4v) is 2.95. The number of sulfone groups is 1. The molecule has 0 N–H and O–H groups in total. The van der Waals surface area contributed by atoms with E-state index in [0.717, 1.165) is 5.56 Å². The van der Waals surface area contributed by atoms with Crippen LogP contribution in [0.15, 0.2) is 29.2 Å². The Labute approximate surface area is 129 Å². The van der Waals surface area contributed by atoms with Crippen molar-refractivity contribution in [3.63, 3.8) is 0 Å². The molecule has 21 heavy (non-hydrogen) atoms. The molecule has 1 aromatic carbocycles. The number of rotatable bonds is 3. The van der Waals surface area contributed by atoms with E-state index in [1.165, 1.54) is 6.26 Å². The fraction of sp³-hybridized carbons (Fsp3) is 0.429. The van der Waals surface area contributed by atoms with Gasteiger partial charge in [-0.05, 0) is 45.0 Å². The van der Waals surface area contributed by atoms with Crippen molar-refractivity contribution in [1.82, 2.24) is 14.8 Å². The Morgan fingerprint density at radius 2 is 1.71 bits per heavy atom. The highest BCUT2D eigenvalue weighted by Crippen LogP contribution is 2.27. The van der Waals surface area contributed by atoms with E-state index in [-0.39, 0.29) is 16.3 Å². The van der Waals surface area contributed by atoms with Gasteiger partial charge in [0.15, 0.2) is 15.7 Å². The third kappa shape index (κ3) is 3.27. The van der Waals surface area contributed by atoms with E-state index in [2.05, 4.69) is 10.2 Å². The van der Waals surface area contributed by atoms with Gasteiger partial charge in [-0.3, -0.25) is 0 Å². The Bertz CT molecular complexity index is 744. The first-order valence-electron chi connectivity index (χ1n) is 6.46. The summed E-state index contributed by atoms with van der Waals surface area (Å²) in [7, 11) is -3.20. The van der Waals surface area contributed by atoms with Crippen molar-refractivity contribution < 1.29 is 8.42 Å². The van der Waals surface area contributed by atoms with Gasteiger partial charge in [0.2, 0.25) is 0 Å². The monoisotopic (exact) mass is 327 g/mol. The summed E-state index contributed by atoms with van der Waals surface area (Å²) >= 11 is 5.92. The lowest BCUT2D eigenvalue weighted by atomic mass is 10.1. The van der Waals surface area contributed by atoms with Crippen LogP contribution in [0, 0.1) is 0 Å². The second-order valence-corrected chi connectivity index (χ2v) is 8.16. The summed E-state index contributed by atoms with van der Waals surface area (Å²) in [6.45, 7) is 6.13. The molecule has 0 spiro atoms. The number of alkyl halides is 1. The van der Waals surface area contributed by atoms with Crippen LogP contribution in [-0.4, -0.2) is 29.4 Å². The van der Waals surface area contributed by atoms with Crippen LogP contribution in [0.25, 0.3) is 11.4 Å². The summed E-state index contributed by atoms with van der Waals surface area (Å²) in [5.74, 6) is 1.63. The van der Waals surface area contributed by atoms with Crippen molar-refractivity contribution in [1.29, 1.82) is 0 Å². The normalized spacial score (nSPS) is 12.6. The molecule has 0 amide bonds. The number of hydrogen-bond donors (Lipinski definition) is 0. The maximum atomic E-state index is 11.5. The Morgan fingerprint density at radius 3 is 2.14 bits per heavy atom. The molecule has 0 bridgehead atoms. The van der Waals surface area contributed by atoms with Gasteiger partial charge in [0.1, 0.15) is 5.82 Å². The van der Waals surface area contributed by atoms with E-state index in [1.807, 2.05) is 25.3 Å². The van der Waals surface area contributed by atoms with E-state index >= 15 is 0 Å². The number of aromatic nitrogens is 3. The lowest BCUT2D eigenvalue weighted by molar-refractivity contribution is 0.390. The lowest BCUT2D eigenvalue weighted by Gasteiger charge is -2.24. The largest absolute Gasteiger partial charge is 0.305 e. The van der Waals surface area contributed by atoms with Crippen molar-refractivity contribution >= 4 is 21.4 Å². The van der Waals surface area contributed by atoms with E-state index in [4.69, 9.17) is 11.6 Å². The molecule has 0 saturated heterocycles. The molecule has 2 rings (SSSR count). The van der Waals surface area contributed by atoms with Gasteiger partial charge in [-0.15, -0.1) is 21.8 Å². The van der Waals surface area contributed by atoms with Crippen LogP contribution in [0.5, 0.6) is 0 Å². The first-order chi connectivity index (χ1) is 9.64. The third-order valence-corrected chi connectivity index (χ3v) is 4.43. The van der Waals surface area contributed by atoms with E-state index in [0.29, 0.717) is 11.6 Å². The van der Waals surface area contributed by atoms with Crippen LogP contribution < -0.4 is 0 Å². The summed E-state index contributed by atoms with van der Waals surface area (Å²) in [4.78, 5) is 0.283. The average molecular weight is 328 g/mol. The molecule has 0 radical (unpaired) electrons. The van der Waals surface area contributed by atoms with Crippen molar-refractivity contribution in [2.75, 3.05) is 6.26 Å². The smallest absolute Gasteiger partial charge is 0.175 e. The summed E-state index contributed by atoms with van der Waals surface area (Å²) in [5, 5.41) is 8.31. The molecule has 114 valence electrons. The third-order valence-electron chi connectivity index (χ3n) is 3.06. The molecule has 0 fully saturated rings. The minimum absolute atomic E-state index is 0.224. The van der Waals surface area contributed by atoms with Crippen molar-refractivity contribution in [2.45, 2.75) is 37.1 Å². The first kappa shape index (κ1) is 16.0. The lowest BCUT2D eigenvalue weighted by Crippen LogP contribution is -2.24. The highest BCUT2D eigenvalue weighted by atomic mass is 35.5. The molecule has 0 unspecified atom stereocenters. The van der Waals surface area contributed by atoms with Crippen LogP contribution in [0.4, 0.5) is 0 Å². The maximum Gasteiger partial charge on any atom is 0.175 e. The van der Waals surface area contributed by atoms with Gasteiger partial charge in [0, 0.05) is 17.4 Å². The predicted octanol–water partition coefficient (Wildman–Crippen LogP) is 2.84. The van der Waals surface area contributed by atoms with Gasteiger partial charge < -0.3 is 4.57 Å². The SMILES string of the molecule is CC(C)(C)n1c(CCl)nnc1-c1ccc(S(C)(=O)=O)cc1. The van der Waals surface area contributed by atoms with Gasteiger partial charge in [-0.1, -0.05) is 0 Å². The highest BCUT2D eigenvalue weighted by molar-refractivity contribution is 7.90. The Kier molecular flexibility index (Phi) is 4.13. The number of hydrogen-bond acceptors (Lipinski definition) is 4. The van der Waals surface area contributed by atoms with Crippen molar-refractivity contribution in [2.24, 2.45) is 0 Å². The molecule has 5 nitrogen and oxygen atoms in total. The quantitative estimate of drug-likeness (QED) is 0.813. The molecule has 1 aromatic heterocycles. The van der Waals surface area contributed by atoms with Crippen LogP contribution in [0.1, 0.15) is 26.6 Å². The summed E-state index contributed by atoms with van der Waals surface area (Å²) in [6.07, 6.45) is 1.19. The number of benzene rings is 1. The van der Waals surface area contributed by atoms with Crippen molar-refractivity contribution in [3.05, 3.63) is 30.1 Å². The van der Waals surface area contributed by atoms with Gasteiger partial charge in [-0.25, -0.2) is 8.42 Å². The van der Waals surface area contributed by atoms with Crippen LogP contribution in [-0.2, 0) is 21.3 Å². The predicted molar refractivity (Wildman–Crippen MR) is 83.1 cm³/mol. The molecule has 1 heterocycles. The maximum absolute atomic E-state index is 11.5. The van der Waals surface area contributed by atoms with Gasteiger partial charge in [-0.2, -0.15) is 0 Å². The zero-order chi connectivity index (χ0) is 15.8. The standard InChI is InChI=1S/C14H18ClN3O2S/c1-14(2,3)18-12(9-15)16-17-13(18)10-5-7-11(8-6-10)21(4,19)20/h5-8H,9H2,1-4H3. The molecule has 0 aliphatic carbocycles. The van der Waals surface area contributed by atoms with Gasteiger partial charge >= 0.3 is 0 Å². The number of halogens is 1. The summed E-state index contributed by atoms with van der Waals surface area (Å²) in [5.41, 5.74) is 0.583. The molecule has 0 atom stereocenters. The van der Waals surface area contributed by atoms with Gasteiger partial charge in [0.05, 0.1) is 10.8 Å². The molecule has 2 aromatic rings. The average Bonchev–Trinajstić information content (AvgIpc) is 2.81.